The zero-order valence-corrected chi connectivity index (χ0v) is 16.9. The van der Waals surface area contributed by atoms with Crippen LogP contribution in [-0.4, -0.2) is 30.3 Å². The van der Waals surface area contributed by atoms with E-state index in [4.69, 9.17) is 9.47 Å². The molecule has 0 bridgehead atoms. The Kier molecular flexibility index (Phi) is 5.86. The lowest BCUT2D eigenvalue weighted by Crippen LogP contribution is -2.27. The van der Waals surface area contributed by atoms with Gasteiger partial charge in [0, 0.05) is 11.6 Å². The Bertz CT molecular complexity index is 930. The van der Waals surface area contributed by atoms with Crippen molar-refractivity contribution in [3.8, 4) is 11.5 Å². The molecule has 27 heavy (non-hydrogen) atoms. The van der Waals surface area contributed by atoms with Crippen molar-refractivity contribution in [2.24, 2.45) is 0 Å². The van der Waals surface area contributed by atoms with Gasteiger partial charge >= 0.3 is 0 Å². The van der Waals surface area contributed by atoms with E-state index in [0.717, 1.165) is 16.7 Å². The lowest BCUT2D eigenvalue weighted by molar-refractivity contribution is -0.123. The first-order valence-corrected chi connectivity index (χ1v) is 9.45. The van der Waals surface area contributed by atoms with Crippen LogP contribution in [-0.2, 0) is 11.3 Å². The van der Waals surface area contributed by atoms with Gasteiger partial charge in [-0.3, -0.25) is 14.5 Å². The molecule has 0 spiro atoms. The van der Waals surface area contributed by atoms with Crippen LogP contribution in [0, 0.1) is 5.82 Å². The number of ether oxygens (including phenoxy) is 2. The summed E-state index contributed by atoms with van der Waals surface area (Å²) >= 11 is 4.26. The van der Waals surface area contributed by atoms with Crippen LogP contribution in [0.15, 0.2) is 45.8 Å². The predicted octanol–water partition coefficient (Wildman–Crippen LogP) is 4.84. The second-order valence-electron chi connectivity index (χ2n) is 5.62. The standard InChI is InChI=1S/C19H15BrFNO4S/c1-25-15-9-16(26-2)14(20)7-12(15)8-17-18(23)22(19(24)27-17)10-11-3-5-13(21)6-4-11/h3-9H,10H2,1-2H3. The lowest BCUT2D eigenvalue weighted by Gasteiger charge is -2.12. The molecule has 1 heterocycles. The second-order valence-corrected chi connectivity index (χ2v) is 7.47. The number of benzene rings is 2. The number of carbonyl (C=O) groups excluding carboxylic acids is 2. The number of amides is 2. The zero-order valence-electron chi connectivity index (χ0n) is 14.5. The zero-order chi connectivity index (χ0) is 19.6. The maximum Gasteiger partial charge on any atom is 0.293 e. The summed E-state index contributed by atoms with van der Waals surface area (Å²) in [5.41, 5.74) is 1.31. The molecule has 1 aliphatic heterocycles. The lowest BCUT2D eigenvalue weighted by atomic mass is 10.1. The average molecular weight is 452 g/mol. The van der Waals surface area contributed by atoms with Crippen LogP contribution in [0.1, 0.15) is 11.1 Å². The molecule has 0 aromatic heterocycles. The molecule has 0 N–H and O–H groups in total. The molecule has 2 aromatic carbocycles. The first-order valence-electron chi connectivity index (χ1n) is 7.84. The second kappa shape index (κ2) is 8.14. The SMILES string of the molecule is COc1cc(OC)c(C=C2SC(=O)N(Cc3ccc(F)cc3)C2=O)cc1Br. The smallest absolute Gasteiger partial charge is 0.293 e. The van der Waals surface area contributed by atoms with Gasteiger partial charge in [0.15, 0.2) is 0 Å². The highest BCUT2D eigenvalue weighted by molar-refractivity contribution is 9.10. The molecule has 0 aliphatic carbocycles. The van der Waals surface area contributed by atoms with E-state index >= 15 is 0 Å². The van der Waals surface area contributed by atoms with Crippen molar-refractivity contribution in [1.82, 2.24) is 4.90 Å². The quantitative estimate of drug-likeness (QED) is 0.608. The van der Waals surface area contributed by atoms with Gasteiger partial charge in [-0.25, -0.2) is 4.39 Å². The Labute approximate surface area is 168 Å². The molecule has 0 unspecified atom stereocenters. The topological polar surface area (TPSA) is 55.8 Å². The van der Waals surface area contributed by atoms with E-state index in [1.807, 2.05) is 0 Å². The van der Waals surface area contributed by atoms with E-state index < -0.39 is 5.91 Å². The minimum Gasteiger partial charge on any atom is -0.496 e. The summed E-state index contributed by atoms with van der Waals surface area (Å²) < 4.78 is 24.3. The molecule has 0 radical (unpaired) electrons. The van der Waals surface area contributed by atoms with Crippen molar-refractivity contribution in [2.75, 3.05) is 14.2 Å². The largest absolute Gasteiger partial charge is 0.496 e. The van der Waals surface area contributed by atoms with Crippen molar-refractivity contribution in [1.29, 1.82) is 0 Å². The number of imide groups is 1. The van der Waals surface area contributed by atoms with Gasteiger partial charge < -0.3 is 9.47 Å². The summed E-state index contributed by atoms with van der Waals surface area (Å²) in [6.45, 7) is 0.0890. The van der Waals surface area contributed by atoms with Gasteiger partial charge in [0.2, 0.25) is 0 Å². The van der Waals surface area contributed by atoms with Gasteiger partial charge in [0.05, 0.1) is 30.1 Å². The van der Waals surface area contributed by atoms with E-state index in [1.165, 1.54) is 19.2 Å². The monoisotopic (exact) mass is 451 g/mol. The number of hydrogen-bond donors (Lipinski definition) is 0. The molecular formula is C19H15BrFNO4S. The van der Waals surface area contributed by atoms with Crippen molar-refractivity contribution in [2.45, 2.75) is 6.54 Å². The fraction of sp³-hybridized carbons (Fsp3) is 0.158. The first kappa shape index (κ1) is 19.4. The third-order valence-corrected chi connectivity index (χ3v) is 5.45. The van der Waals surface area contributed by atoms with Crippen LogP contribution in [0.4, 0.5) is 9.18 Å². The summed E-state index contributed by atoms with van der Waals surface area (Å²) in [6.07, 6.45) is 1.61. The maximum absolute atomic E-state index is 13.0. The van der Waals surface area contributed by atoms with Crippen molar-refractivity contribution < 1.29 is 23.5 Å². The summed E-state index contributed by atoms with van der Waals surface area (Å²) in [6, 6.07) is 9.13. The number of thioether (sulfide) groups is 1. The van der Waals surface area contributed by atoms with Crippen LogP contribution >= 0.6 is 27.7 Å². The van der Waals surface area contributed by atoms with Gasteiger partial charge in [-0.1, -0.05) is 12.1 Å². The summed E-state index contributed by atoms with van der Waals surface area (Å²) in [5, 5.41) is -0.373. The molecule has 1 saturated heterocycles. The molecule has 1 fully saturated rings. The van der Waals surface area contributed by atoms with Gasteiger partial charge in [-0.05, 0) is 57.5 Å². The Morgan fingerprint density at radius 1 is 1.11 bits per heavy atom. The number of methoxy groups -OCH3 is 2. The molecule has 3 rings (SSSR count). The molecule has 2 aromatic rings. The highest BCUT2D eigenvalue weighted by Crippen LogP contribution is 2.38. The Hall–Kier alpha value is -2.32. The van der Waals surface area contributed by atoms with E-state index in [0.29, 0.717) is 27.1 Å². The highest BCUT2D eigenvalue weighted by Gasteiger charge is 2.35. The Balaban J connectivity index is 1.88. The number of hydrogen-bond acceptors (Lipinski definition) is 5. The average Bonchev–Trinajstić information content (AvgIpc) is 2.91. The fourth-order valence-corrected chi connectivity index (χ4v) is 3.90. The van der Waals surface area contributed by atoms with Gasteiger partial charge in [0.1, 0.15) is 17.3 Å². The molecule has 140 valence electrons. The predicted molar refractivity (Wildman–Crippen MR) is 105 cm³/mol. The number of halogens is 2. The number of nitrogens with zero attached hydrogens (tertiary/aromatic N) is 1. The molecule has 2 amide bonds. The van der Waals surface area contributed by atoms with Gasteiger partial charge in [-0.2, -0.15) is 0 Å². The molecular weight excluding hydrogens is 437 g/mol. The normalized spacial score (nSPS) is 15.6. The summed E-state index contributed by atoms with van der Waals surface area (Å²) in [4.78, 5) is 26.4. The molecule has 0 atom stereocenters. The fourth-order valence-electron chi connectivity index (χ4n) is 2.55. The third kappa shape index (κ3) is 4.17. The van der Waals surface area contributed by atoms with Gasteiger partial charge in [0.25, 0.3) is 11.1 Å². The Morgan fingerprint density at radius 3 is 2.41 bits per heavy atom. The van der Waals surface area contributed by atoms with Crippen LogP contribution in [0.2, 0.25) is 0 Å². The van der Waals surface area contributed by atoms with Crippen LogP contribution in [0.3, 0.4) is 0 Å². The Morgan fingerprint density at radius 2 is 1.78 bits per heavy atom. The van der Waals surface area contributed by atoms with E-state index in [2.05, 4.69) is 15.9 Å². The van der Waals surface area contributed by atoms with Crippen molar-refractivity contribution >= 4 is 44.9 Å². The van der Waals surface area contributed by atoms with E-state index in [9.17, 15) is 14.0 Å². The highest BCUT2D eigenvalue weighted by atomic mass is 79.9. The van der Waals surface area contributed by atoms with Crippen molar-refractivity contribution in [3.05, 3.63) is 62.7 Å². The van der Waals surface area contributed by atoms with Crippen LogP contribution in [0.25, 0.3) is 6.08 Å². The number of carbonyl (C=O) groups is 2. The molecule has 1 aliphatic rings. The maximum atomic E-state index is 13.0. The minimum atomic E-state index is -0.400. The third-order valence-electron chi connectivity index (χ3n) is 3.92. The van der Waals surface area contributed by atoms with Crippen LogP contribution < -0.4 is 9.47 Å². The van der Waals surface area contributed by atoms with E-state index in [-0.39, 0.29) is 22.5 Å². The van der Waals surface area contributed by atoms with Gasteiger partial charge in [-0.15, -0.1) is 0 Å². The summed E-state index contributed by atoms with van der Waals surface area (Å²) in [5.74, 6) is 0.335. The molecule has 5 nitrogen and oxygen atoms in total. The van der Waals surface area contributed by atoms with Crippen LogP contribution in [0.5, 0.6) is 11.5 Å². The number of rotatable bonds is 5. The van der Waals surface area contributed by atoms with Crippen molar-refractivity contribution in [3.63, 3.8) is 0 Å². The first-order chi connectivity index (χ1) is 12.9. The molecule has 8 heteroatoms. The van der Waals surface area contributed by atoms with E-state index in [1.54, 1.807) is 37.5 Å². The summed E-state index contributed by atoms with van der Waals surface area (Å²) in [7, 11) is 3.06. The molecule has 0 saturated carbocycles. The minimum absolute atomic E-state index is 0.0890.